The van der Waals surface area contributed by atoms with E-state index in [9.17, 15) is 4.79 Å². The third-order valence-electron chi connectivity index (χ3n) is 5.26. The molecule has 23 heavy (non-hydrogen) atoms. The molecule has 4 rings (SSSR count). The van der Waals surface area contributed by atoms with E-state index in [2.05, 4.69) is 42.5 Å². The van der Waals surface area contributed by atoms with Gasteiger partial charge in [0.15, 0.2) is 0 Å². The van der Waals surface area contributed by atoms with Crippen LogP contribution in [0.15, 0.2) is 42.5 Å². The first-order chi connectivity index (χ1) is 10.8. The zero-order valence-electron chi connectivity index (χ0n) is 13.2. The second-order valence-electron chi connectivity index (χ2n) is 6.58. The number of nitrogens with two attached hydrogens (primary N) is 1. The molecule has 0 spiro atoms. The molecule has 1 amide bonds. The van der Waals surface area contributed by atoms with Crippen LogP contribution in [0.1, 0.15) is 30.7 Å². The van der Waals surface area contributed by atoms with Gasteiger partial charge in [-0.2, -0.15) is 0 Å². The Morgan fingerprint density at radius 2 is 1.96 bits per heavy atom. The Hall–Kier alpha value is -1.58. The van der Waals surface area contributed by atoms with E-state index in [-0.39, 0.29) is 24.4 Å². The fraction of sp³-hybridized carbons (Fsp3) is 0.421. The van der Waals surface area contributed by atoms with Gasteiger partial charge in [0.1, 0.15) is 0 Å². The number of hydrogen-bond donors (Lipinski definition) is 1. The van der Waals surface area contributed by atoms with Crippen molar-refractivity contribution in [3.05, 3.63) is 48.0 Å². The molecule has 4 heteroatoms. The van der Waals surface area contributed by atoms with Gasteiger partial charge in [0, 0.05) is 25.0 Å². The number of benzene rings is 2. The Balaban J connectivity index is 0.00000156. The van der Waals surface area contributed by atoms with Crippen LogP contribution < -0.4 is 5.73 Å². The minimum Gasteiger partial charge on any atom is -0.338 e. The summed E-state index contributed by atoms with van der Waals surface area (Å²) in [7, 11) is 0. The van der Waals surface area contributed by atoms with Crippen LogP contribution in [0.25, 0.3) is 10.8 Å². The van der Waals surface area contributed by atoms with Crippen molar-refractivity contribution < 1.29 is 4.79 Å². The lowest BCUT2D eigenvalue weighted by atomic mass is 10.00. The van der Waals surface area contributed by atoms with Gasteiger partial charge in [-0.1, -0.05) is 42.5 Å². The van der Waals surface area contributed by atoms with E-state index in [1.165, 1.54) is 16.3 Å². The van der Waals surface area contributed by atoms with Crippen LogP contribution in [0, 0.1) is 5.92 Å². The van der Waals surface area contributed by atoms with E-state index < -0.39 is 0 Å². The molecule has 2 aliphatic rings. The van der Waals surface area contributed by atoms with E-state index in [1.54, 1.807) is 0 Å². The predicted octanol–water partition coefficient (Wildman–Crippen LogP) is 3.31. The Morgan fingerprint density at radius 1 is 1.17 bits per heavy atom. The average Bonchev–Trinajstić information content (AvgIpc) is 3.21. The Bertz CT molecular complexity index is 712. The molecule has 1 saturated carbocycles. The first-order valence-corrected chi connectivity index (χ1v) is 8.28. The van der Waals surface area contributed by atoms with E-state index in [0.717, 1.165) is 25.8 Å². The smallest absolute Gasteiger partial charge is 0.226 e. The molecule has 3 unspecified atom stereocenters. The van der Waals surface area contributed by atoms with Crippen molar-refractivity contribution in [1.29, 1.82) is 0 Å². The number of likely N-dealkylation sites (tertiary alicyclic amines) is 1. The number of carbonyl (C=O) groups excluding carboxylic acids is 1. The quantitative estimate of drug-likeness (QED) is 0.938. The van der Waals surface area contributed by atoms with Crippen LogP contribution in [0.2, 0.25) is 0 Å². The van der Waals surface area contributed by atoms with E-state index in [0.29, 0.717) is 18.4 Å². The van der Waals surface area contributed by atoms with Crippen molar-refractivity contribution >= 4 is 29.1 Å². The highest BCUT2D eigenvalue weighted by Crippen LogP contribution is 2.50. The lowest BCUT2D eigenvalue weighted by Gasteiger charge is -2.23. The average molecular weight is 331 g/mol. The van der Waals surface area contributed by atoms with Gasteiger partial charge in [-0.05, 0) is 41.5 Å². The second-order valence-corrected chi connectivity index (χ2v) is 6.58. The van der Waals surface area contributed by atoms with Gasteiger partial charge in [-0.15, -0.1) is 12.4 Å². The summed E-state index contributed by atoms with van der Waals surface area (Å²) in [6.45, 7) is 1.48. The van der Waals surface area contributed by atoms with Gasteiger partial charge in [0.25, 0.3) is 0 Å². The molecule has 122 valence electrons. The standard InChI is InChI=1S/C19H22N2O.ClH/c20-12-14-7-4-10-21(14)19(22)18-11-17(18)16-9-3-6-13-5-1-2-8-15(13)16;/h1-3,5-6,8-9,14,17-18H,4,7,10-12,20H2;1H. The summed E-state index contributed by atoms with van der Waals surface area (Å²) in [5.41, 5.74) is 7.14. The normalized spacial score (nSPS) is 26.1. The third kappa shape index (κ3) is 2.84. The monoisotopic (exact) mass is 330 g/mol. The number of amides is 1. The molecule has 0 aromatic heterocycles. The van der Waals surface area contributed by atoms with Gasteiger partial charge < -0.3 is 10.6 Å². The molecule has 1 aliphatic heterocycles. The first-order valence-electron chi connectivity index (χ1n) is 8.28. The number of halogens is 1. The molecule has 3 nitrogen and oxygen atoms in total. The summed E-state index contributed by atoms with van der Waals surface area (Å²) in [4.78, 5) is 14.8. The maximum atomic E-state index is 12.8. The van der Waals surface area contributed by atoms with Crippen molar-refractivity contribution in [2.24, 2.45) is 11.7 Å². The number of rotatable bonds is 3. The summed E-state index contributed by atoms with van der Waals surface area (Å²) >= 11 is 0. The first kappa shape index (κ1) is 16.3. The molecule has 3 atom stereocenters. The predicted molar refractivity (Wildman–Crippen MR) is 95.8 cm³/mol. The molecule has 1 aliphatic carbocycles. The van der Waals surface area contributed by atoms with Crippen molar-refractivity contribution in [3.63, 3.8) is 0 Å². The minimum absolute atomic E-state index is 0. The van der Waals surface area contributed by atoms with Crippen LogP contribution in [-0.4, -0.2) is 29.9 Å². The van der Waals surface area contributed by atoms with Gasteiger partial charge >= 0.3 is 0 Å². The number of nitrogens with zero attached hydrogens (tertiary/aromatic N) is 1. The maximum absolute atomic E-state index is 12.8. The molecule has 0 radical (unpaired) electrons. The minimum atomic E-state index is 0. The molecule has 0 bridgehead atoms. The van der Waals surface area contributed by atoms with Crippen LogP contribution in [0.5, 0.6) is 0 Å². The Morgan fingerprint density at radius 3 is 2.78 bits per heavy atom. The summed E-state index contributed by atoms with van der Waals surface area (Å²) in [6, 6.07) is 15.2. The maximum Gasteiger partial charge on any atom is 0.226 e. The zero-order chi connectivity index (χ0) is 15.1. The Kier molecular flexibility index (Phi) is 4.60. The number of carbonyl (C=O) groups is 1. The van der Waals surface area contributed by atoms with Gasteiger partial charge in [0.2, 0.25) is 5.91 Å². The molecular formula is C19H23ClN2O. The van der Waals surface area contributed by atoms with E-state index >= 15 is 0 Å². The number of hydrogen-bond acceptors (Lipinski definition) is 2. The lowest BCUT2D eigenvalue weighted by molar-refractivity contribution is -0.133. The van der Waals surface area contributed by atoms with Crippen LogP contribution >= 0.6 is 12.4 Å². The molecule has 1 heterocycles. The molecule has 2 aromatic carbocycles. The summed E-state index contributed by atoms with van der Waals surface area (Å²) in [5.74, 6) is 0.876. The van der Waals surface area contributed by atoms with Crippen LogP contribution in [0.3, 0.4) is 0 Å². The Labute approximate surface area is 143 Å². The molecule has 1 saturated heterocycles. The molecule has 2 N–H and O–H groups in total. The largest absolute Gasteiger partial charge is 0.338 e. The second kappa shape index (κ2) is 6.50. The van der Waals surface area contributed by atoms with Crippen molar-refractivity contribution in [2.45, 2.75) is 31.2 Å². The highest BCUT2D eigenvalue weighted by atomic mass is 35.5. The molecule has 2 fully saturated rings. The summed E-state index contributed by atoms with van der Waals surface area (Å²) in [6.07, 6.45) is 3.15. The molecule has 2 aromatic rings. The van der Waals surface area contributed by atoms with Crippen molar-refractivity contribution in [2.75, 3.05) is 13.1 Å². The van der Waals surface area contributed by atoms with E-state index in [4.69, 9.17) is 5.73 Å². The lowest BCUT2D eigenvalue weighted by Crippen LogP contribution is -2.40. The highest BCUT2D eigenvalue weighted by Gasteiger charge is 2.47. The fourth-order valence-electron chi connectivity index (χ4n) is 3.97. The third-order valence-corrected chi connectivity index (χ3v) is 5.26. The SMILES string of the molecule is Cl.NCC1CCCN1C(=O)C1CC1c1cccc2ccccc12. The van der Waals surface area contributed by atoms with Crippen molar-refractivity contribution in [1.82, 2.24) is 4.90 Å². The highest BCUT2D eigenvalue weighted by molar-refractivity contribution is 5.89. The van der Waals surface area contributed by atoms with Crippen molar-refractivity contribution in [3.8, 4) is 0 Å². The van der Waals surface area contributed by atoms with E-state index in [1.807, 2.05) is 4.90 Å². The molecular weight excluding hydrogens is 308 g/mol. The number of fused-ring (bicyclic) bond motifs is 1. The van der Waals surface area contributed by atoms with Gasteiger partial charge in [-0.3, -0.25) is 4.79 Å². The summed E-state index contributed by atoms with van der Waals surface area (Å²) in [5, 5.41) is 2.56. The topological polar surface area (TPSA) is 46.3 Å². The van der Waals surface area contributed by atoms with Gasteiger partial charge in [0.05, 0.1) is 0 Å². The summed E-state index contributed by atoms with van der Waals surface area (Å²) < 4.78 is 0. The zero-order valence-corrected chi connectivity index (χ0v) is 14.0. The van der Waals surface area contributed by atoms with Gasteiger partial charge in [-0.25, -0.2) is 0 Å². The fourth-order valence-corrected chi connectivity index (χ4v) is 3.97. The van der Waals surface area contributed by atoms with Crippen LogP contribution in [0.4, 0.5) is 0 Å². The van der Waals surface area contributed by atoms with Crippen LogP contribution in [-0.2, 0) is 4.79 Å².